The second-order valence-corrected chi connectivity index (χ2v) is 3.92. The van der Waals surface area contributed by atoms with Crippen LogP contribution in [0.3, 0.4) is 0 Å². The third-order valence-electron chi connectivity index (χ3n) is 2.12. The van der Waals surface area contributed by atoms with Gasteiger partial charge in [-0.05, 0) is 24.3 Å². The Hall–Kier alpha value is -2.01. The average molecular weight is 228 g/mol. The van der Waals surface area contributed by atoms with E-state index in [-0.39, 0.29) is 0 Å². The molecular formula is C11H8N4S. The van der Waals surface area contributed by atoms with E-state index in [0.717, 1.165) is 10.4 Å². The largest absolute Gasteiger partial charge is 0.275 e. The second kappa shape index (κ2) is 3.86. The molecule has 16 heavy (non-hydrogen) atoms. The molecule has 3 aromatic rings. The lowest BCUT2D eigenvalue weighted by molar-refractivity contribution is 1.07. The Morgan fingerprint density at radius 3 is 2.94 bits per heavy atom. The zero-order chi connectivity index (χ0) is 10.8. The highest BCUT2D eigenvalue weighted by molar-refractivity contribution is 7.03. The van der Waals surface area contributed by atoms with E-state index in [9.17, 15) is 0 Å². The van der Waals surface area contributed by atoms with Crippen molar-refractivity contribution in [2.75, 3.05) is 0 Å². The van der Waals surface area contributed by atoms with Crippen LogP contribution in [-0.2, 0) is 0 Å². The van der Waals surface area contributed by atoms with Gasteiger partial charge in [0.25, 0.3) is 0 Å². The van der Waals surface area contributed by atoms with Crippen molar-refractivity contribution >= 4 is 23.0 Å². The summed E-state index contributed by atoms with van der Waals surface area (Å²) >= 11 is 1.36. The lowest BCUT2D eigenvalue weighted by Crippen LogP contribution is -2.04. The molecular weight excluding hydrogens is 220 g/mol. The maximum Gasteiger partial charge on any atom is 0.215 e. The van der Waals surface area contributed by atoms with Crippen LogP contribution in [0.25, 0.3) is 5.65 Å². The fourth-order valence-corrected chi connectivity index (χ4v) is 2.09. The number of hydrogen-bond donors (Lipinski definition) is 0. The molecule has 0 atom stereocenters. The Morgan fingerprint density at radius 1 is 1.12 bits per heavy atom. The van der Waals surface area contributed by atoms with Gasteiger partial charge in [0.2, 0.25) is 4.80 Å². The Balaban J connectivity index is 2.23. The number of aromatic nitrogens is 3. The van der Waals surface area contributed by atoms with E-state index in [0.29, 0.717) is 5.82 Å². The van der Waals surface area contributed by atoms with Crippen LogP contribution in [-0.4, -0.2) is 13.8 Å². The highest BCUT2D eigenvalue weighted by Gasteiger charge is 1.97. The Morgan fingerprint density at radius 2 is 2.06 bits per heavy atom. The smallest absolute Gasteiger partial charge is 0.215 e. The normalized spacial score (nSPS) is 12.1. The highest BCUT2D eigenvalue weighted by atomic mass is 32.1. The molecule has 0 amide bonds. The molecule has 0 aliphatic heterocycles. The molecule has 0 fully saturated rings. The molecule has 3 aromatic heterocycles. The zero-order valence-corrected chi connectivity index (χ0v) is 9.13. The summed E-state index contributed by atoms with van der Waals surface area (Å²) in [6, 6.07) is 11.5. The van der Waals surface area contributed by atoms with E-state index in [1.807, 2.05) is 47.0 Å². The topological polar surface area (TPSA) is 42.5 Å². The van der Waals surface area contributed by atoms with Gasteiger partial charge in [-0.25, -0.2) is 4.98 Å². The van der Waals surface area contributed by atoms with Crippen molar-refractivity contribution in [1.82, 2.24) is 13.8 Å². The molecule has 3 rings (SSSR count). The van der Waals surface area contributed by atoms with E-state index in [4.69, 9.17) is 0 Å². The maximum absolute atomic E-state index is 4.44. The molecule has 0 saturated carbocycles. The zero-order valence-electron chi connectivity index (χ0n) is 8.32. The van der Waals surface area contributed by atoms with Gasteiger partial charge in [0.15, 0.2) is 11.5 Å². The Kier molecular flexibility index (Phi) is 2.23. The van der Waals surface area contributed by atoms with Crippen LogP contribution in [0.4, 0.5) is 5.82 Å². The lowest BCUT2D eigenvalue weighted by Gasteiger charge is -1.91. The predicted molar refractivity (Wildman–Crippen MR) is 62.5 cm³/mol. The van der Waals surface area contributed by atoms with E-state index in [2.05, 4.69) is 14.3 Å². The van der Waals surface area contributed by atoms with Gasteiger partial charge in [-0.1, -0.05) is 12.1 Å². The van der Waals surface area contributed by atoms with Gasteiger partial charge in [0.05, 0.1) is 0 Å². The third-order valence-corrected chi connectivity index (χ3v) is 2.85. The van der Waals surface area contributed by atoms with Crippen LogP contribution in [0.2, 0.25) is 0 Å². The van der Waals surface area contributed by atoms with Crippen molar-refractivity contribution in [3.8, 4) is 0 Å². The molecule has 3 heterocycles. The summed E-state index contributed by atoms with van der Waals surface area (Å²) in [6.45, 7) is 0. The van der Waals surface area contributed by atoms with Crippen LogP contribution in [0.1, 0.15) is 0 Å². The molecule has 0 spiro atoms. The van der Waals surface area contributed by atoms with Crippen LogP contribution >= 0.6 is 11.5 Å². The van der Waals surface area contributed by atoms with E-state index >= 15 is 0 Å². The lowest BCUT2D eigenvalue weighted by atomic mass is 10.5. The minimum atomic E-state index is 0.699. The van der Waals surface area contributed by atoms with E-state index in [1.165, 1.54) is 11.5 Å². The average Bonchev–Trinajstić information content (AvgIpc) is 2.74. The molecule has 0 radical (unpaired) electrons. The standard InChI is InChI=1S/C11H8N4S/c1-3-7-12-9(5-1)13-11-15-8-4-2-6-10(15)14-16-11/h1-8H/b13-11+. The predicted octanol–water partition coefficient (Wildman–Crippen LogP) is 2.02. The molecule has 5 heteroatoms. The van der Waals surface area contributed by atoms with Crippen molar-refractivity contribution in [3.63, 3.8) is 0 Å². The van der Waals surface area contributed by atoms with Gasteiger partial charge >= 0.3 is 0 Å². The summed E-state index contributed by atoms with van der Waals surface area (Å²) in [7, 11) is 0. The molecule has 0 aromatic carbocycles. The summed E-state index contributed by atoms with van der Waals surface area (Å²) in [5, 5.41) is 0. The molecule has 0 N–H and O–H groups in total. The van der Waals surface area contributed by atoms with Crippen LogP contribution in [0.5, 0.6) is 0 Å². The van der Waals surface area contributed by atoms with Gasteiger partial charge < -0.3 is 0 Å². The number of nitrogens with zero attached hydrogens (tertiary/aromatic N) is 4. The van der Waals surface area contributed by atoms with Gasteiger partial charge in [-0.2, -0.15) is 9.37 Å². The Bertz CT molecular complexity index is 669. The monoisotopic (exact) mass is 228 g/mol. The number of hydrogen-bond acceptors (Lipinski definition) is 4. The molecule has 0 aliphatic rings. The molecule has 78 valence electrons. The molecule has 0 bridgehead atoms. The molecule has 0 unspecified atom stereocenters. The SMILES string of the molecule is c1ccc(/N=c2/snc3ccccn23)nc1. The summed E-state index contributed by atoms with van der Waals surface area (Å²) in [4.78, 5) is 9.42. The van der Waals surface area contributed by atoms with Gasteiger partial charge in [-0.15, -0.1) is 0 Å². The van der Waals surface area contributed by atoms with E-state index in [1.54, 1.807) is 6.20 Å². The fraction of sp³-hybridized carbons (Fsp3) is 0. The second-order valence-electron chi connectivity index (χ2n) is 3.19. The minimum absolute atomic E-state index is 0.699. The summed E-state index contributed by atoms with van der Waals surface area (Å²) in [5.74, 6) is 0.699. The van der Waals surface area contributed by atoms with Gasteiger partial charge in [0.1, 0.15) is 0 Å². The van der Waals surface area contributed by atoms with Crippen molar-refractivity contribution in [3.05, 3.63) is 53.6 Å². The fourth-order valence-electron chi connectivity index (χ4n) is 1.39. The summed E-state index contributed by atoms with van der Waals surface area (Å²) in [5.41, 5.74) is 0.905. The van der Waals surface area contributed by atoms with Crippen LogP contribution < -0.4 is 4.80 Å². The van der Waals surface area contributed by atoms with Crippen LogP contribution in [0, 0.1) is 0 Å². The summed E-state index contributed by atoms with van der Waals surface area (Å²) < 4.78 is 6.24. The van der Waals surface area contributed by atoms with Crippen molar-refractivity contribution in [2.45, 2.75) is 0 Å². The minimum Gasteiger partial charge on any atom is -0.275 e. The quantitative estimate of drug-likeness (QED) is 0.639. The van der Waals surface area contributed by atoms with Crippen molar-refractivity contribution in [2.24, 2.45) is 4.99 Å². The number of fused-ring (bicyclic) bond motifs is 1. The van der Waals surface area contributed by atoms with Gasteiger partial charge in [-0.3, -0.25) is 4.40 Å². The number of rotatable bonds is 1. The molecule has 4 nitrogen and oxygen atoms in total. The third kappa shape index (κ3) is 1.61. The van der Waals surface area contributed by atoms with Crippen molar-refractivity contribution in [1.29, 1.82) is 0 Å². The van der Waals surface area contributed by atoms with Crippen molar-refractivity contribution < 1.29 is 0 Å². The van der Waals surface area contributed by atoms with Crippen LogP contribution in [0.15, 0.2) is 53.8 Å². The highest BCUT2D eigenvalue weighted by Crippen LogP contribution is 2.04. The Labute approximate surface area is 95.7 Å². The summed E-state index contributed by atoms with van der Waals surface area (Å²) in [6.07, 6.45) is 3.67. The number of pyridine rings is 2. The first-order valence-corrected chi connectivity index (χ1v) is 5.60. The maximum atomic E-state index is 4.44. The molecule has 0 saturated heterocycles. The first kappa shape index (κ1) is 9.23. The first-order chi connectivity index (χ1) is 7.93. The van der Waals surface area contributed by atoms with E-state index < -0.39 is 0 Å². The van der Waals surface area contributed by atoms with Gasteiger partial charge in [0, 0.05) is 23.9 Å². The first-order valence-electron chi connectivity index (χ1n) is 4.82. The molecule has 0 aliphatic carbocycles.